The van der Waals surface area contributed by atoms with Gasteiger partial charge in [-0.3, -0.25) is 0 Å². The van der Waals surface area contributed by atoms with Crippen LogP contribution in [0.5, 0.6) is 0 Å². The van der Waals surface area contributed by atoms with Crippen LogP contribution in [-0.4, -0.2) is 28.6 Å². The third kappa shape index (κ3) is 7.92. The molecule has 0 aromatic carbocycles. The molecule has 2 N–H and O–H groups in total. The topological polar surface area (TPSA) is 24.1 Å². The number of allylic oxidation sites excluding steroid dienone is 8. The first-order valence-electron chi connectivity index (χ1n) is 13.0. The molecule has 2 unspecified atom stereocenters. The Morgan fingerprint density at radius 2 is 0.778 bits per heavy atom. The van der Waals surface area contributed by atoms with E-state index in [9.17, 15) is 0 Å². The predicted octanol–water partition coefficient (Wildman–Crippen LogP) is -3.96. The van der Waals surface area contributed by atoms with Crippen LogP contribution in [-0.2, 0) is 0 Å². The number of hydrogen-bond acceptors (Lipinski definition) is 2. The molecular weight excluding hydrogens is 448 g/mol. The smallest absolute Gasteiger partial charge is 1.00 e. The minimum atomic E-state index is -1.63. The van der Waals surface area contributed by atoms with Gasteiger partial charge < -0.3 is 15.7 Å². The Labute approximate surface area is 280 Å². The molecule has 1 saturated carbocycles. The Hall–Kier alpha value is 1.70. The molecule has 3 rings (SSSR count). The molecule has 0 aliphatic heterocycles. The van der Waals surface area contributed by atoms with E-state index in [2.05, 4.69) is 91.5 Å². The second-order valence-corrected chi connectivity index (χ2v) is 20.4. The van der Waals surface area contributed by atoms with Gasteiger partial charge in [0.15, 0.2) is 0 Å². The van der Waals surface area contributed by atoms with Crippen LogP contribution in [0.25, 0.3) is 0 Å². The van der Waals surface area contributed by atoms with Crippen molar-refractivity contribution in [2.45, 2.75) is 119 Å². The van der Waals surface area contributed by atoms with Crippen molar-refractivity contribution < 1.29 is 81.1 Å². The zero-order valence-corrected chi connectivity index (χ0v) is 29.1. The van der Waals surface area contributed by atoms with E-state index in [1.54, 1.807) is 43.8 Å². The van der Waals surface area contributed by atoms with Crippen molar-refractivity contribution in [2.24, 2.45) is 11.8 Å². The second-order valence-electron chi connectivity index (χ2n) is 12.2. The summed E-state index contributed by atoms with van der Waals surface area (Å²) in [5.74, 6) is 1.25. The fourth-order valence-electron chi connectivity index (χ4n) is 7.31. The van der Waals surface area contributed by atoms with E-state index in [1.807, 2.05) is 0 Å². The number of rotatable bonds is 6. The van der Waals surface area contributed by atoms with Crippen molar-refractivity contribution in [2.75, 3.05) is 0 Å². The fourth-order valence-corrected chi connectivity index (χ4v) is 15.1. The molecule has 0 radical (unpaired) electrons. The van der Waals surface area contributed by atoms with E-state index in [-0.39, 0.29) is 81.1 Å². The van der Waals surface area contributed by atoms with Gasteiger partial charge in [-0.2, -0.15) is 0 Å². The monoisotopic (exact) mass is 502 g/mol. The fraction of sp³-hybridized carbons (Fsp3) is 0.714. The first kappa shape index (κ1) is 39.8. The molecule has 0 saturated heterocycles. The summed E-state index contributed by atoms with van der Waals surface area (Å²) >= 11 is 0. The van der Waals surface area contributed by atoms with E-state index in [1.165, 1.54) is 25.7 Å². The van der Waals surface area contributed by atoms with Gasteiger partial charge in [0, 0.05) is 12.1 Å². The summed E-state index contributed by atoms with van der Waals surface area (Å²) in [6.07, 6.45) is 5.26. The standard InChI is InChI=1S/C28H50N2Si2.4Li.4H/c1-17-18(2)22(6)27(21(17)5)31(9,10)29-25-13-15-26(16-14-25)30-32(11,12)28-23(7)19(3)20(4)24(28)8;;;;;;;;/h21,23,25-26,29-30H,13-16H2,1-12H3;;;;;;;;/q;4*+1;4*-1. The Kier molecular flexibility index (Phi) is 16.7. The van der Waals surface area contributed by atoms with Crippen molar-refractivity contribution >= 4 is 16.5 Å². The summed E-state index contributed by atoms with van der Waals surface area (Å²) < 4.78 is 0. The minimum absolute atomic E-state index is 0. The average molecular weight is 503 g/mol. The largest absolute Gasteiger partial charge is 1.00 e. The van der Waals surface area contributed by atoms with Gasteiger partial charge in [-0.25, -0.2) is 0 Å². The third-order valence-corrected chi connectivity index (χ3v) is 16.1. The van der Waals surface area contributed by atoms with Gasteiger partial charge in [0.25, 0.3) is 0 Å². The molecule has 0 amide bonds. The summed E-state index contributed by atoms with van der Waals surface area (Å²) in [5.41, 5.74) is 9.42. The van der Waals surface area contributed by atoms with E-state index in [4.69, 9.17) is 0 Å². The Bertz CT molecular complexity index is 855. The van der Waals surface area contributed by atoms with E-state index < -0.39 is 16.5 Å². The molecule has 3 aliphatic carbocycles. The minimum Gasteiger partial charge on any atom is -1.00 e. The summed E-state index contributed by atoms with van der Waals surface area (Å²) in [6.45, 7) is 29.1. The van der Waals surface area contributed by atoms with Crippen LogP contribution < -0.4 is 85.4 Å². The Morgan fingerprint density at radius 3 is 0.972 bits per heavy atom. The quantitative estimate of drug-likeness (QED) is 0.363. The molecule has 0 aromatic heterocycles. The summed E-state index contributed by atoms with van der Waals surface area (Å²) in [4.78, 5) is 8.45. The maximum absolute atomic E-state index is 4.23. The molecule has 0 spiro atoms. The van der Waals surface area contributed by atoms with Crippen molar-refractivity contribution in [1.82, 2.24) is 9.96 Å². The second kappa shape index (κ2) is 15.1. The van der Waals surface area contributed by atoms with E-state index >= 15 is 0 Å². The molecule has 8 heteroatoms. The van der Waals surface area contributed by atoms with Gasteiger partial charge in [0.2, 0.25) is 0 Å². The first-order chi connectivity index (χ1) is 14.7. The molecule has 2 atom stereocenters. The van der Waals surface area contributed by atoms with E-state index in [0.717, 1.165) is 0 Å². The third-order valence-electron chi connectivity index (χ3n) is 9.48. The van der Waals surface area contributed by atoms with Crippen LogP contribution >= 0.6 is 0 Å². The number of nitrogens with one attached hydrogen (secondary N) is 2. The molecule has 0 aromatic rings. The molecule has 36 heavy (non-hydrogen) atoms. The molecule has 3 aliphatic rings. The normalized spacial score (nSPS) is 27.0. The molecule has 188 valence electrons. The zero-order valence-electron chi connectivity index (χ0n) is 31.1. The van der Waals surface area contributed by atoms with Gasteiger partial charge in [0.05, 0.1) is 0 Å². The average Bonchev–Trinajstić information content (AvgIpc) is 3.02. The zero-order chi connectivity index (χ0) is 24.2. The Morgan fingerprint density at radius 1 is 0.528 bits per heavy atom. The maximum Gasteiger partial charge on any atom is 1.00 e. The summed E-state index contributed by atoms with van der Waals surface area (Å²) in [5, 5.41) is 3.49. The van der Waals surface area contributed by atoms with Gasteiger partial charge in [-0.15, -0.1) is 0 Å². The van der Waals surface area contributed by atoms with Crippen LogP contribution in [0, 0.1) is 11.8 Å². The molecule has 0 bridgehead atoms. The SMILES string of the molecule is CC1=C(C)C(C)C([Si](C)(C)NC2CCC(N[Si](C)(C)C3=C(C)C(C)=C(C)C3C)CC2)=C1C.[H-].[H-].[H-].[H-].[Li+].[Li+].[Li+].[Li+]. The summed E-state index contributed by atoms with van der Waals surface area (Å²) in [6, 6.07) is 1.37. The van der Waals surface area contributed by atoms with Crippen LogP contribution in [0.2, 0.25) is 26.2 Å². The van der Waals surface area contributed by atoms with Crippen molar-refractivity contribution in [3.8, 4) is 0 Å². The maximum atomic E-state index is 4.23. The molecule has 2 nitrogen and oxygen atoms in total. The van der Waals surface area contributed by atoms with Crippen LogP contribution in [0.15, 0.2) is 43.8 Å². The van der Waals surface area contributed by atoms with Crippen LogP contribution in [0.1, 0.15) is 86.8 Å². The first-order valence-corrected chi connectivity index (χ1v) is 19.0. The van der Waals surface area contributed by atoms with Crippen molar-refractivity contribution in [1.29, 1.82) is 0 Å². The Balaban J connectivity index is -0.000000361. The summed E-state index contributed by atoms with van der Waals surface area (Å²) in [7, 11) is -3.26. The van der Waals surface area contributed by atoms with Crippen LogP contribution in [0.3, 0.4) is 0 Å². The molecule has 1 fully saturated rings. The van der Waals surface area contributed by atoms with Gasteiger partial charge >= 0.3 is 75.4 Å². The van der Waals surface area contributed by atoms with Crippen molar-refractivity contribution in [3.05, 3.63) is 43.8 Å². The van der Waals surface area contributed by atoms with Crippen LogP contribution in [0.4, 0.5) is 0 Å². The predicted molar refractivity (Wildman–Crippen MR) is 152 cm³/mol. The van der Waals surface area contributed by atoms with Gasteiger partial charge in [-0.1, -0.05) is 72.7 Å². The van der Waals surface area contributed by atoms with Gasteiger partial charge in [0.1, 0.15) is 16.5 Å². The van der Waals surface area contributed by atoms with E-state index in [0.29, 0.717) is 23.9 Å². The van der Waals surface area contributed by atoms with Gasteiger partial charge in [-0.05, 0) is 90.2 Å². The number of hydrogen-bond donors (Lipinski definition) is 2. The molecule has 0 heterocycles. The van der Waals surface area contributed by atoms with Crippen molar-refractivity contribution in [3.63, 3.8) is 0 Å². The molecular formula is C28H54Li4N2Si2.